The Hall–Kier alpha value is -3.47. The lowest BCUT2D eigenvalue weighted by Gasteiger charge is -2.38. The van der Waals surface area contributed by atoms with Gasteiger partial charge in [0.15, 0.2) is 0 Å². The summed E-state index contributed by atoms with van der Waals surface area (Å²) in [6.45, 7) is 1.16. The third-order valence-electron chi connectivity index (χ3n) is 6.32. The lowest BCUT2D eigenvalue weighted by molar-refractivity contribution is 0.0951. The van der Waals surface area contributed by atoms with E-state index in [0.29, 0.717) is 55.4 Å². The van der Waals surface area contributed by atoms with Crippen molar-refractivity contribution in [2.75, 3.05) is 33.8 Å². The van der Waals surface area contributed by atoms with E-state index < -0.39 is 16.3 Å². The third kappa shape index (κ3) is 4.79. The minimum Gasteiger partial charge on any atom is -0.494 e. The van der Waals surface area contributed by atoms with E-state index in [1.54, 1.807) is 26.4 Å². The van der Waals surface area contributed by atoms with E-state index in [1.165, 1.54) is 14.8 Å². The highest BCUT2D eigenvalue weighted by Gasteiger charge is 2.38. The van der Waals surface area contributed by atoms with Crippen molar-refractivity contribution in [2.24, 2.45) is 0 Å². The van der Waals surface area contributed by atoms with Crippen LogP contribution < -0.4 is 14.8 Å². The van der Waals surface area contributed by atoms with Gasteiger partial charge in [0.05, 0.1) is 24.4 Å². The Morgan fingerprint density at radius 3 is 2.75 bits per heavy atom. The van der Waals surface area contributed by atoms with E-state index in [4.69, 9.17) is 9.47 Å². The van der Waals surface area contributed by atoms with Crippen LogP contribution in [0, 0.1) is 0 Å². The van der Waals surface area contributed by atoms with Gasteiger partial charge in [0.1, 0.15) is 17.2 Å². The summed E-state index contributed by atoms with van der Waals surface area (Å²) in [6, 6.07) is 14.3. The summed E-state index contributed by atoms with van der Waals surface area (Å²) in [6.07, 6.45) is 4.20. The summed E-state index contributed by atoms with van der Waals surface area (Å²) in [5.41, 5.74) is 3.12. The number of hydrogen-bond donors (Lipinski definition) is 1. The van der Waals surface area contributed by atoms with Gasteiger partial charge in [-0.1, -0.05) is 18.2 Å². The molecule has 0 aliphatic carbocycles. The number of nitrogens with one attached hydrogen (secondary N) is 1. The van der Waals surface area contributed by atoms with Crippen molar-refractivity contribution in [3.8, 4) is 17.2 Å². The molecule has 3 aliphatic rings. The van der Waals surface area contributed by atoms with E-state index >= 15 is 0 Å². The number of benzene rings is 2. The minimum absolute atomic E-state index is 0.230. The van der Waals surface area contributed by atoms with Crippen LogP contribution in [0.15, 0.2) is 60.9 Å². The van der Waals surface area contributed by atoms with Crippen molar-refractivity contribution in [1.82, 2.24) is 18.9 Å². The van der Waals surface area contributed by atoms with E-state index in [-0.39, 0.29) is 5.91 Å². The second kappa shape index (κ2) is 9.88. The average molecular weight is 509 g/mol. The molecule has 2 aromatic carbocycles. The fourth-order valence-electron chi connectivity index (χ4n) is 4.52. The summed E-state index contributed by atoms with van der Waals surface area (Å²) in [5.74, 6) is 1.45. The number of amides is 1. The molecule has 1 atom stereocenters. The summed E-state index contributed by atoms with van der Waals surface area (Å²) in [7, 11) is -0.599. The molecule has 6 rings (SSSR count). The Morgan fingerprint density at radius 1 is 1.06 bits per heavy atom. The van der Waals surface area contributed by atoms with Crippen molar-refractivity contribution in [1.29, 1.82) is 0 Å². The molecule has 0 saturated heterocycles. The fraction of sp³-hybridized carbons (Fsp3) is 0.308. The molecule has 9 nitrogen and oxygen atoms in total. The number of fused-ring (bicyclic) bond motifs is 6. The predicted octanol–water partition coefficient (Wildman–Crippen LogP) is 3.14. The highest BCUT2D eigenvalue weighted by molar-refractivity contribution is 7.86. The zero-order chi connectivity index (χ0) is 25.3. The first kappa shape index (κ1) is 24.2. The van der Waals surface area contributed by atoms with Gasteiger partial charge in [0, 0.05) is 33.4 Å². The summed E-state index contributed by atoms with van der Waals surface area (Å²) >= 11 is 0. The van der Waals surface area contributed by atoms with Gasteiger partial charge in [-0.3, -0.25) is 9.78 Å². The van der Waals surface area contributed by atoms with Gasteiger partial charge in [-0.15, -0.1) is 0 Å². The van der Waals surface area contributed by atoms with Crippen molar-refractivity contribution in [2.45, 2.75) is 18.9 Å². The summed E-state index contributed by atoms with van der Waals surface area (Å²) < 4.78 is 41.4. The summed E-state index contributed by atoms with van der Waals surface area (Å²) in [4.78, 5) is 16.7. The molecule has 0 saturated carbocycles. The number of hydrogen-bond acceptors (Lipinski definition) is 6. The molecule has 1 aromatic heterocycles. The highest BCUT2D eigenvalue weighted by Crippen LogP contribution is 2.40. The van der Waals surface area contributed by atoms with Gasteiger partial charge in [-0.2, -0.15) is 17.0 Å². The maximum absolute atomic E-state index is 13.3. The molecule has 8 bridgehead atoms. The monoisotopic (exact) mass is 508 g/mol. The Kier molecular flexibility index (Phi) is 6.65. The van der Waals surface area contributed by atoms with E-state index in [0.717, 1.165) is 16.7 Å². The first-order chi connectivity index (χ1) is 17.3. The molecule has 3 aliphatic heterocycles. The van der Waals surface area contributed by atoms with Crippen LogP contribution in [0.5, 0.6) is 17.2 Å². The molecule has 36 heavy (non-hydrogen) atoms. The van der Waals surface area contributed by atoms with Gasteiger partial charge >= 0.3 is 0 Å². The van der Waals surface area contributed by atoms with Crippen LogP contribution in [-0.4, -0.2) is 61.7 Å². The molecule has 0 radical (unpaired) electrons. The number of aromatic nitrogens is 1. The largest absolute Gasteiger partial charge is 0.494 e. The molecular formula is C26H28N4O5S. The van der Waals surface area contributed by atoms with Crippen LogP contribution in [0.25, 0.3) is 0 Å². The van der Waals surface area contributed by atoms with Crippen LogP contribution in [0.4, 0.5) is 0 Å². The first-order valence-electron chi connectivity index (χ1n) is 11.8. The van der Waals surface area contributed by atoms with E-state index in [9.17, 15) is 13.2 Å². The summed E-state index contributed by atoms with van der Waals surface area (Å²) in [5, 5.41) is 2.87. The number of pyridine rings is 1. The molecule has 1 amide bonds. The fourth-order valence-corrected chi connectivity index (χ4v) is 5.77. The molecule has 0 spiro atoms. The second-order valence-corrected chi connectivity index (χ2v) is 11.1. The molecule has 1 N–H and O–H groups in total. The maximum Gasteiger partial charge on any atom is 0.282 e. The van der Waals surface area contributed by atoms with Gasteiger partial charge < -0.3 is 14.8 Å². The van der Waals surface area contributed by atoms with Crippen LogP contribution in [0.2, 0.25) is 0 Å². The topological polar surface area (TPSA) is 101 Å². The van der Waals surface area contributed by atoms with Crippen LogP contribution in [-0.2, 0) is 16.6 Å². The Labute approximate surface area is 210 Å². The van der Waals surface area contributed by atoms with Gasteiger partial charge in [0.2, 0.25) is 0 Å². The molecule has 3 aromatic rings. The van der Waals surface area contributed by atoms with Crippen molar-refractivity contribution < 1.29 is 22.7 Å². The van der Waals surface area contributed by atoms with Crippen LogP contribution in [0.3, 0.4) is 0 Å². The Morgan fingerprint density at radius 2 is 1.92 bits per heavy atom. The molecule has 1 unspecified atom stereocenters. The van der Waals surface area contributed by atoms with Crippen molar-refractivity contribution in [3.05, 3.63) is 83.2 Å². The number of carbonyl (C=O) groups is 1. The average Bonchev–Trinajstić information content (AvgIpc) is 2.87. The lowest BCUT2D eigenvalue weighted by atomic mass is 9.89. The Bertz CT molecular complexity index is 1390. The van der Waals surface area contributed by atoms with E-state index in [2.05, 4.69) is 10.3 Å². The van der Waals surface area contributed by atoms with Crippen LogP contribution >= 0.6 is 0 Å². The molecular weight excluding hydrogens is 480 g/mol. The molecule has 4 heterocycles. The number of carbonyl (C=O) groups excluding carboxylic acids is 1. The normalized spacial score (nSPS) is 18.5. The van der Waals surface area contributed by atoms with Crippen molar-refractivity contribution >= 4 is 16.1 Å². The quantitative estimate of drug-likeness (QED) is 0.571. The predicted molar refractivity (Wildman–Crippen MR) is 134 cm³/mol. The SMILES string of the molecule is CN(C)S(=O)(=O)N1CCc2cc3ccc2C1c1cccc(c1)OCCCNC(=O)c1cncc(c1)O3. The minimum atomic E-state index is -3.69. The zero-order valence-electron chi connectivity index (χ0n) is 20.2. The van der Waals surface area contributed by atoms with Gasteiger partial charge in [-0.05, 0) is 59.9 Å². The number of nitrogens with zero attached hydrogens (tertiary/aromatic N) is 3. The Balaban J connectivity index is 1.61. The lowest BCUT2D eigenvalue weighted by Crippen LogP contribution is -2.46. The molecule has 10 heteroatoms. The highest BCUT2D eigenvalue weighted by atomic mass is 32.2. The molecule has 0 fully saturated rings. The zero-order valence-corrected chi connectivity index (χ0v) is 21.0. The number of ether oxygens (including phenoxy) is 2. The van der Waals surface area contributed by atoms with Crippen LogP contribution in [0.1, 0.15) is 39.5 Å². The third-order valence-corrected chi connectivity index (χ3v) is 8.23. The standard InChI is InChI=1S/C26H28N4O5S/c1-29(2)36(32,33)30-11-9-18-13-22-7-8-24(18)25(30)19-5-3-6-21(14-19)34-12-4-10-28-26(31)20-15-23(35-22)17-27-16-20/h3,5-8,13-17,25H,4,9-12H2,1-2H3,(H,28,31). The van der Waals surface area contributed by atoms with Crippen molar-refractivity contribution in [3.63, 3.8) is 0 Å². The smallest absolute Gasteiger partial charge is 0.282 e. The number of rotatable bonds is 2. The molecule has 188 valence electrons. The first-order valence-corrected chi connectivity index (χ1v) is 13.2. The van der Waals surface area contributed by atoms with Gasteiger partial charge in [0.25, 0.3) is 16.1 Å². The van der Waals surface area contributed by atoms with E-state index in [1.807, 2.05) is 42.5 Å². The second-order valence-electron chi connectivity index (χ2n) is 8.96. The maximum atomic E-state index is 13.3. The van der Waals surface area contributed by atoms with Gasteiger partial charge in [-0.25, -0.2) is 0 Å².